The van der Waals surface area contributed by atoms with Crippen molar-refractivity contribution in [2.75, 3.05) is 33.4 Å². The third kappa shape index (κ3) is 5.51. The molecule has 1 heterocycles. The van der Waals surface area contributed by atoms with Crippen molar-refractivity contribution in [1.29, 1.82) is 0 Å². The Hall–Kier alpha value is -1.46. The zero-order chi connectivity index (χ0) is 18.2. The number of methoxy groups -OCH3 is 1. The lowest BCUT2D eigenvalue weighted by Gasteiger charge is -2.32. The molecule has 0 bridgehead atoms. The summed E-state index contributed by atoms with van der Waals surface area (Å²) in [6, 6.07) is 3.55. The van der Waals surface area contributed by atoms with E-state index in [4.69, 9.17) is 21.1 Å². The monoisotopic (exact) mass is 368 g/mol. The van der Waals surface area contributed by atoms with Gasteiger partial charge in [0.1, 0.15) is 0 Å². The Morgan fingerprint density at radius 2 is 2.00 bits per heavy atom. The highest BCUT2D eigenvalue weighted by Gasteiger charge is 2.22. The number of carbonyl (C=O) groups is 1. The molecule has 1 fully saturated rings. The van der Waals surface area contributed by atoms with Crippen LogP contribution in [-0.4, -0.2) is 50.2 Å². The average molecular weight is 369 g/mol. The Morgan fingerprint density at radius 3 is 2.60 bits per heavy atom. The maximum Gasteiger partial charge on any atom is 0.251 e. The molecule has 0 spiro atoms. The molecule has 1 aliphatic rings. The summed E-state index contributed by atoms with van der Waals surface area (Å²) in [5.41, 5.74) is 0.502. The fraction of sp³-hybridized carbons (Fsp3) is 0.632. The number of carbonyl (C=O) groups excluding carboxylic acids is 1. The fourth-order valence-electron chi connectivity index (χ4n) is 3.08. The van der Waals surface area contributed by atoms with Gasteiger partial charge >= 0.3 is 0 Å². The molecule has 0 aliphatic carbocycles. The summed E-state index contributed by atoms with van der Waals surface area (Å²) in [6.07, 6.45) is 4.00. The first-order chi connectivity index (χ1) is 12.1. The molecular formula is C19H29ClN2O3. The normalized spacial score (nSPS) is 15.8. The van der Waals surface area contributed by atoms with E-state index in [2.05, 4.69) is 17.1 Å². The first-order valence-electron chi connectivity index (χ1n) is 9.12. The molecule has 5 nitrogen and oxygen atoms in total. The van der Waals surface area contributed by atoms with Crippen molar-refractivity contribution in [1.82, 2.24) is 10.2 Å². The zero-order valence-electron chi connectivity index (χ0n) is 15.4. The van der Waals surface area contributed by atoms with Crippen LogP contribution in [0, 0.1) is 0 Å². The van der Waals surface area contributed by atoms with Gasteiger partial charge in [-0.3, -0.25) is 4.79 Å². The summed E-state index contributed by atoms with van der Waals surface area (Å²) in [5.74, 6) is 0.871. The number of piperidine rings is 1. The standard InChI is InChI=1S/C19H29ClN2O3/c1-4-8-22-9-6-15(7-10-22)21-19(23)14-12-16(20)18(25-11-5-2)17(13-14)24-3/h12-13,15H,4-11H2,1-3H3,(H,21,23). The Labute approximate surface area is 155 Å². The van der Waals surface area contributed by atoms with Gasteiger partial charge in [0.05, 0.1) is 18.7 Å². The van der Waals surface area contributed by atoms with E-state index in [1.54, 1.807) is 19.2 Å². The van der Waals surface area contributed by atoms with Crippen molar-refractivity contribution in [3.63, 3.8) is 0 Å². The van der Waals surface area contributed by atoms with E-state index in [1.165, 1.54) is 6.42 Å². The lowest BCUT2D eigenvalue weighted by atomic mass is 10.0. The molecule has 0 saturated carbocycles. The van der Waals surface area contributed by atoms with E-state index in [0.717, 1.165) is 38.9 Å². The predicted molar refractivity (Wildman–Crippen MR) is 101 cm³/mol. The number of nitrogens with one attached hydrogen (secondary N) is 1. The summed E-state index contributed by atoms with van der Waals surface area (Å²) >= 11 is 6.30. The molecule has 0 radical (unpaired) electrons. The topological polar surface area (TPSA) is 50.8 Å². The lowest BCUT2D eigenvalue weighted by Crippen LogP contribution is -2.44. The third-order valence-corrected chi connectivity index (χ3v) is 4.69. The Bertz CT molecular complexity index is 572. The molecule has 140 valence electrons. The quantitative estimate of drug-likeness (QED) is 0.759. The minimum atomic E-state index is -0.115. The molecule has 1 aromatic carbocycles. The van der Waals surface area contributed by atoms with Gasteiger partial charge in [0.25, 0.3) is 5.91 Å². The number of rotatable bonds is 8. The minimum absolute atomic E-state index is 0.115. The van der Waals surface area contributed by atoms with Crippen LogP contribution in [0.5, 0.6) is 11.5 Å². The highest BCUT2D eigenvalue weighted by molar-refractivity contribution is 6.32. The minimum Gasteiger partial charge on any atom is -0.493 e. The molecule has 0 atom stereocenters. The van der Waals surface area contributed by atoms with Crippen LogP contribution >= 0.6 is 11.6 Å². The molecule has 0 aromatic heterocycles. The van der Waals surface area contributed by atoms with Gasteiger partial charge in [0.2, 0.25) is 0 Å². The smallest absolute Gasteiger partial charge is 0.251 e. The summed E-state index contributed by atoms with van der Waals surface area (Å²) < 4.78 is 11.0. The summed E-state index contributed by atoms with van der Waals surface area (Å²) in [7, 11) is 1.55. The molecule has 1 N–H and O–H groups in total. The number of hydrogen-bond acceptors (Lipinski definition) is 4. The van der Waals surface area contributed by atoms with Crippen molar-refractivity contribution in [3.8, 4) is 11.5 Å². The van der Waals surface area contributed by atoms with Crippen molar-refractivity contribution in [2.24, 2.45) is 0 Å². The second kappa shape index (κ2) is 9.88. The molecule has 1 aromatic rings. The first kappa shape index (κ1) is 19.9. The van der Waals surface area contributed by atoms with Crippen LogP contribution in [0.1, 0.15) is 49.9 Å². The molecular weight excluding hydrogens is 340 g/mol. The summed E-state index contributed by atoms with van der Waals surface area (Å²) in [4.78, 5) is 15.0. The molecule has 1 saturated heterocycles. The van der Waals surface area contributed by atoms with Crippen molar-refractivity contribution < 1.29 is 14.3 Å². The molecule has 6 heteroatoms. The van der Waals surface area contributed by atoms with E-state index >= 15 is 0 Å². The van der Waals surface area contributed by atoms with Gasteiger partial charge in [0.15, 0.2) is 11.5 Å². The Morgan fingerprint density at radius 1 is 1.28 bits per heavy atom. The predicted octanol–water partition coefficient (Wildman–Crippen LogP) is 3.74. The van der Waals surface area contributed by atoms with E-state index in [-0.39, 0.29) is 11.9 Å². The Balaban J connectivity index is 2.01. The number of amides is 1. The van der Waals surface area contributed by atoms with Crippen molar-refractivity contribution >= 4 is 17.5 Å². The SMILES string of the molecule is CCCOc1c(Cl)cc(C(=O)NC2CCN(CCC)CC2)cc1OC. The Kier molecular flexibility index (Phi) is 7.85. The number of halogens is 1. The highest BCUT2D eigenvalue weighted by atomic mass is 35.5. The lowest BCUT2D eigenvalue weighted by molar-refractivity contribution is 0.0910. The van der Waals surface area contributed by atoms with Gasteiger partial charge in [-0.2, -0.15) is 0 Å². The number of nitrogens with zero attached hydrogens (tertiary/aromatic N) is 1. The van der Waals surface area contributed by atoms with Crippen molar-refractivity contribution in [2.45, 2.75) is 45.6 Å². The third-order valence-electron chi connectivity index (χ3n) is 4.40. The summed E-state index contributed by atoms with van der Waals surface area (Å²) in [6.45, 7) is 7.97. The fourth-order valence-corrected chi connectivity index (χ4v) is 3.35. The molecule has 0 unspecified atom stereocenters. The number of ether oxygens (including phenoxy) is 2. The number of hydrogen-bond donors (Lipinski definition) is 1. The molecule has 1 aliphatic heterocycles. The van der Waals surface area contributed by atoms with E-state index in [0.29, 0.717) is 28.7 Å². The maximum absolute atomic E-state index is 12.6. The second-order valence-electron chi connectivity index (χ2n) is 6.43. The van der Waals surface area contributed by atoms with E-state index < -0.39 is 0 Å². The average Bonchev–Trinajstić information content (AvgIpc) is 2.62. The summed E-state index contributed by atoms with van der Waals surface area (Å²) in [5, 5.41) is 3.52. The van der Waals surface area contributed by atoms with Gasteiger partial charge < -0.3 is 19.7 Å². The largest absolute Gasteiger partial charge is 0.493 e. The maximum atomic E-state index is 12.6. The van der Waals surface area contributed by atoms with Gasteiger partial charge in [-0.05, 0) is 44.4 Å². The van der Waals surface area contributed by atoms with Gasteiger partial charge in [-0.15, -0.1) is 0 Å². The van der Waals surface area contributed by atoms with Gasteiger partial charge in [0, 0.05) is 24.7 Å². The van der Waals surface area contributed by atoms with Crippen LogP contribution in [0.25, 0.3) is 0 Å². The highest BCUT2D eigenvalue weighted by Crippen LogP contribution is 2.36. The number of benzene rings is 1. The van der Waals surface area contributed by atoms with Crippen LogP contribution in [0.4, 0.5) is 0 Å². The van der Waals surface area contributed by atoms with Crippen LogP contribution in [0.15, 0.2) is 12.1 Å². The van der Waals surface area contributed by atoms with Crippen LogP contribution < -0.4 is 14.8 Å². The van der Waals surface area contributed by atoms with Crippen LogP contribution in [-0.2, 0) is 0 Å². The van der Waals surface area contributed by atoms with Crippen LogP contribution in [0.2, 0.25) is 5.02 Å². The van der Waals surface area contributed by atoms with E-state index in [9.17, 15) is 4.79 Å². The van der Waals surface area contributed by atoms with Crippen molar-refractivity contribution in [3.05, 3.63) is 22.7 Å². The van der Waals surface area contributed by atoms with Gasteiger partial charge in [-0.25, -0.2) is 0 Å². The number of likely N-dealkylation sites (tertiary alicyclic amines) is 1. The van der Waals surface area contributed by atoms with Crippen LogP contribution in [0.3, 0.4) is 0 Å². The van der Waals surface area contributed by atoms with Gasteiger partial charge in [-0.1, -0.05) is 25.4 Å². The second-order valence-corrected chi connectivity index (χ2v) is 6.83. The van der Waals surface area contributed by atoms with E-state index in [1.807, 2.05) is 6.92 Å². The zero-order valence-corrected chi connectivity index (χ0v) is 16.2. The first-order valence-corrected chi connectivity index (χ1v) is 9.50. The molecule has 1 amide bonds. The molecule has 25 heavy (non-hydrogen) atoms. The molecule has 2 rings (SSSR count).